The first-order valence-corrected chi connectivity index (χ1v) is 11.1. The van der Waals surface area contributed by atoms with E-state index in [1.165, 1.54) is 0 Å². The van der Waals surface area contributed by atoms with Crippen LogP contribution in [0.15, 0.2) is 24.3 Å². The summed E-state index contributed by atoms with van der Waals surface area (Å²) in [6, 6.07) is 7.82. The molecule has 0 saturated heterocycles. The van der Waals surface area contributed by atoms with Crippen LogP contribution in [0.5, 0.6) is 5.75 Å². The Labute approximate surface area is 141 Å². The number of rotatable bonds is 9. The molecule has 0 aliphatic heterocycles. The Morgan fingerprint density at radius 1 is 1.13 bits per heavy atom. The molecule has 1 N–H and O–H groups in total. The van der Waals surface area contributed by atoms with Gasteiger partial charge in [0.05, 0.1) is 26.4 Å². The standard InChI is InChI=1S/C18H32O4Si/c1-18(2,3)23(5,6)22-14-17(11-12-19)21-13-15-7-9-16(20-4)10-8-15/h7-10,17,19H,11-14H2,1-6H3. The number of methoxy groups -OCH3 is 1. The largest absolute Gasteiger partial charge is 0.497 e. The van der Waals surface area contributed by atoms with Crippen LogP contribution in [0.25, 0.3) is 0 Å². The molecule has 132 valence electrons. The van der Waals surface area contributed by atoms with E-state index < -0.39 is 8.32 Å². The minimum Gasteiger partial charge on any atom is -0.497 e. The van der Waals surface area contributed by atoms with Gasteiger partial charge in [0.1, 0.15) is 5.75 Å². The molecule has 5 heteroatoms. The molecule has 0 amide bonds. The normalized spacial score (nSPS) is 13.9. The molecule has 0 heterocycles. The molecule has 1 aromatic carbocycles. The fourth-order valence-corrected chi connectivity index (χ4v) is 2.85. The Kier molecular flexibility index (Phi) is 7.74. The van der Waals surface area contributed by atoms with Crippen molar-refractivity contribution in [3.8, 4) is 5.75 Å². The highest BCUT2D eigenvalue weighted by molar-refractivity contribution is 6.74. The van der Waals surface area contributed by atoms with Crippen LogP contribution < -0.4 is 4.74 Å². The second-order valence-corrected chi connectivity index (χ2v) is 12.2. The molecule has 1 atom stereocenters. The van der Waals surface area contributed by atoms with E-state index in [1.54, 1.807) is 7.11 Å². The van der Waals surface area contributed by atoms with Gasteiger partial charge in [-0.3, -0.25) is 0 Å². The van der Waals surface area contributed by atoms with Crippen molar-refractivity contribution in [1.82, 2.24) is 0 Å². The Morgan fingerprint density at radius 3 is 2.22 bits per heavy atom. The van der Waals surface area contributed by atoms with Crippen molar-refractivity contribution in [3.63, 3.8) is 0 Å². The third kappa shape index (κ3) is 6.63. The van der Waals surface area contributed by atoms with Gasteiger partial charge < -0.3 is 19.0 Å². The van der Waals surface area contributed by atoms with E-state index in [1.807, 2.05) is 24.3 Å². The maximum atomic E-state index is 9.25. The van der Waals surface area contributed by atoms with Crippen LogP contribution in [0, 0.1) is 0 Å². The maximum absolute atomic E-state index is 9.25. The molecule has 0 saturated carbocycles. The van der Waals surface area contributed by atoms with E-state index in [-0.39, 0.29) is 17.7 Å². The average molecular weight is 341 g/mol. The highest BCUT2D eigenvalue weighted by Gasteiger charge is 2.37. The molecule has 1 aromatic rings. The number of hydrogen-bond donors (Lipinski definition) is 1. The number of benzene rings is 1. The zero-order valence-electron chi connectivity index (χ0n) is 15.4. The molecular weight excluding hydrogens is 308 g/mol. The monoisotopic (exact) mass is 340 g/mol. The van der Waals surface area contributed by atoms with Crippen molar-refractivity contribution < 1.29 is 19.0 Å². The van der Waals surface area contributed by atoms with Gasteiger partial charge >= 0.3 is 0 Å². The zero-order chi connectivity index (χ0) is 17.5. The summed E-state index contributed by atoms with van der Waals surface area (Å²) in [5.41, 5.74) is 1.08. The second-order valence-electron chi connectivity index (χ2n) is 7.36. The van der Waals surface area contributed by atoms with Gasteiger partial charge in [0.2, 0.25) is 0 Å². The fraction of sp³-hybridized carbons (Fsp3) is 0.667. The van der Waals surface area contributed by atoms with Crippen LogP contribution in [0.4, 0.5) is 0 Å². The van der Waals surface area contributed by atoms with Crippen molar-refractivity contribution in [3.05, 3.63) is 29.8 Å². The van der Waals surface area contributed by atoms with Gasteiger partial charge in [0.15, 0.2) is 8.32 Å². The molecule has 1 rings (SSSR count). The third-order valence-electron chi connectivity index (χ3n) is 4.53. The van der Waals surface area contributed by atoms with Gasteiger partial charge in [0, 0.05) is 6.61 Å². The van der Waals surface area contributed by atoms with Crippen LogP contribution in [-0.2, 0) is 15.8 Å². The maximum Gasteiger partial charge on any atom is 0.192 e. The van der Waals surface area contributed by atoms with Crippen LogP contribution in [0.2, 0.25) is 18.1 Å². The summed E-state index contributed by atoms with van der Waals surface area (Å²) in [4.78, 5) is 0. The van der Waals surface area contributed by atoms with Crippen LogP contribution in [0.3, 0.4) is 0 Å². The molecule has 23 heavy (non-hydrogen) atoms. The molecule has 0 aliphatic rings. The summed E-state index contributed by atoms with van der Waals surface area (Å²) in [5, 5.41) is 9.42. The van der Waals surface area contributed by atoms with Crippen LogP contribution >= 0.6 is 0 Å². The van der Waals surface area contributed by atoms with Gasteiger partial charge in [-0.15, -0.1) is 0 Å². The van der Waals surface area contributed by atoms with E-state index in [0.717, 1.165) is 11.3 Å². The molecule has 4 nitrogen and oxygen atoms in total. The average Bonchev–Trinajstić information content (AvgIpc) is 2.49. The van der Waals surface area contributed by atoms with Crippen LogP contribution in [-0.4, -0.2) is 39.9 Å². The first-order valence-electron chi connectivity index (χ1n) is 8.19. The highest BCUT2D eigenvalue weighted by Crippen LogP contribution is 2.36. The van der Waals surface area contributed by atoms with Gasteiger partial charge in [-0.2, -0.15) is 0 Å². The summed E-state index contributed by atoms with van der Waals surface area (Å²) in [6.07, 6.45) is 0.501. The lowest BCUT2D eigenvalue weighted by Gasteiger charge is -2.37. The van der Waals surface area contributed by atoms with Crippen molar-refractivity contribution >= 4 is 8.32 Å². The van der Waals surface area contributed by atoms with Crippen molar-refractivity contribution in [2.24, 2.45) is 0 Å². The van der Waals surface area contributed by atoms with Crippen molar-refractivity contribution in [2.45, 2.75) is 58.0 Å². The Hall–Kier alpha value is -0.883. The summed E-state index contributed by atoms with van der Waals surface area (Å²) < 4.78 is 17.3. The predicted molar refractivity (Wildman–Crippen MR) is 96.4 cm³/mol. The van der Waals surface area contributed by atoms with E-state index in [4.69, 9.17) is 13.9 Å². The molecule has 0 bridgehead atoms. The second kappa shape index (κ2) is 8.83. The number of ether oxygens (including phenoxy) is 2. The van der Waals surface area contributed by atoms with Gasteiger partial charge in [-0.25, -0.2) is 0 Å². The Morgan fingerprint density at radius 2 is 1.74 bits per heavy atom. The minimum atomic E-state index is -1.80. The Bertz CT molecular complexity index is 451. The fourth-order valence-electron chi connectivity index (χ4n) is 1.81. The molecule has 0 fully saturated rings. The molecule has 0 spiro atoms. The quantitative estimate of drug-likeness (QED) is 0.691. The van der Waals surface area contributed by atoms with E-state index in [2.05, 4.69) is 33.9 Å². The van der Waals surface area contributed by atoms with Gasteiger partial charge in [-0.1, -0.05) is 32.9 Å². The summed E-state index contributed by atoms with van der Waals surface area (Å²) >= 11 is 0. The summed E-state index contributed by atoms with van der Waals surface area (Å²) in [5.74, 6) is 0.835. The third-order valence-corrected chi connectivity index (χ3v) is 9.03. The van der Waals surface area contributed by atoms with Gasteiger partial charge in [-0.05, 0) is 42.2 Å². The summed E-state index contributed by atoms with van der Waals surface area (Å²) in [6.45, 7) is 12.3. The lowest BCUT2D eigenvalue weighted by molar-refractivity contribution is -0.00721. The Balaban J connectivity index is 2.54. The number of aliphatic hydroxyl groups is 1. The van der Waals surface area contributed by atoms with Crippen molar-refractivity contribution in [1.29, 1.82) is 0 Å². The van der Waals surface area contributed by atoms with Crippen molar-refractivity contribution in [2.75, 3.05) is 20.3 Å². The molecule has 1 unspecified atom stereocenters. The topological polar surface area (TPSA) is 47.9 Å². The summed E-state index contributed by atoms with van der Waals surface area (Å²) in [7, 11) is -0.142. The lowest BCUT2D eigenvalue weighted by Crippen LogP contribution is -2.43. The molecule has 0 radical (unpaired) electrons. The number of aliphatic hydroxyl groups excluding tert-OH is 1. The smallest absolute Gasteiger partial charge is 0.192 e. The zero-order valence-corrected chi connectivity index (χ0v) is 16.4. The lowest BCUT2D eigenvalue weighted by atomic mass is 10.2. The highest BCUT2D eigenvalue weighted by atomic mass is 28.4. The molecule has 0 aliphatic carbocycles. The van der Waals surface area contributed by atoms with E-state index in [0.29, 0.717) is 19.6 Å². The number of hydrogen-bond acceptors (Lipinski definition) is 4. The minimum absolute atomic E-state index is 0.0868. The molecule has 0 aromatic heterocycles. The molecular formula is C18H32O4Si. The SMILES string of the molecule is COc1ccc(COC(CCO)CO[Si](C)(C)C(C)(C)C)cc1. The van der Waals surface area contributed by atoms with E-state index >= 15 is 0 Å². The van der Waals surface area contributed by atoms with Crippen LogP contribution in [0.1, 0.15) is 32.8 Å². The first kappa shape index (κ1) is 20.2. The first-order chi connectivity index (χ1) is 10.7. The van der Waals surface area contributed by atoms with Gasteiger partial charge in [0.25, 0.3) is 0 Å². The predicted octanol–water partition coefficient (Wildman–Crippen LogP) is 3.98. The van der Waals surface area contributed by atoms with E-state index in [9.17, 15) is 5.11 Å².